The van der Waals surface area contributed by atoms with Crippen LogP contribution < -0.4 is 5.32 Å². The second kappa shape index (κ2) is 9.31. The Labute approximate surface area is 96.4 Å². The number of hydrogen-bond acceptors (Lipinski definition) is 3. The maximum Gasteiger partial charge on any atom is 0.0471 e. The van der Waals surface area contributed by atoms with Crippen molar-refractivity contribution in [2.45, 2.75) is 44.9 Å². The van der Waals surface area contributed by atoms with Crippen molar-refractivity contribution < 1.29 is 8.95 Å². The molecule has 0 rings (SSSR count). The van der Waals surface area contributed by atoms with Gasteiger partial charge in [0.2, 0.25) is 0 Å². The lowest BCUT2D eigenvalue weighted by molar-refractivity contribution is 0.200. The summed E-state index contributed by atoms with van der Waals surface area (Å²) in [7, 11) is 0.970. The third-order valence-corrected chi connectivity index (χ3v) is 4.16. The number of ether oxygens (including phenoxy) is 1. The monoisotopic (exact) mass is 235 g/mol. The van der Waals surface area contributed by atoms with E-state index in [1.165, 1.54) is 0 Å². The average Bonchev–Trinajstić information content (AvgIpc) is 2.18. The summed E-state index contributed by atoms with van der Waals surface area (Å²) in [6.45, 7) is 7.99. The van der Waals surface area contributed by atoms with E-state index in [1.807, 2.05) is 0 Å². The maximum atomic E-state index is 11.8. The zero-order chi connectivity index (χ0) is 11.7. The Morgan fingerprint density at radius 1 is 1.40 bits per heavy atom. The van der Waals surface area contributed by atoms with Gasteiger partial charge in [0.15, 0.2) is 0 Å². The summed E-state index contributed by atoms with van der Waals surface area (Å²) in [6, 6.07) is 0.455. The second-order valence-electron chi connectivity index (χ2n) is 3.94. The summed E-state index contributed by atoms with van der Waals surface area (Å²) in [5, 5.41) is 3.61. The first kappa shape index (κ1) is 15.1. The van der Waals surface area contributed by atoms with Gasteiger partial charge >= 0.3 is 0 Å². The number of hydrogen-bond donors (Lipinski definition) is 1. The highest BCUT2D eigenvalue weighted by molar-refractivity contribution is 7.85. The van der Waals surface area contributed by atoms with E-state index in [0.717, 1.165) is 25.1 Å². The minimum Gasteiger partial charge on any atom is -0.385 e. The molecule has 0 saturated heterocycles. The molecule has 0 aliphatic rings. The van der Waals surface area contributed by atoms with E-state index in [4.69, 9.17) is 4.74 Å². The molecule has 0 aromatic carbocycles. The normalized spacial score (nSPS) is 17.3. The van der Waals surface area contributed by atoms with Crippen LogP contribution in [0, 0.1) is 0 Å². The summed E-state index contributed by atoms with van der Waals surface area (Å²) in [4.78, 5) is 0. The van der Waals surface area contributed by atoms with Crippen molar-refractivity contribution in [3.63, 3.8) is 0 Å². The Bertz CT molecular complexity index is 176. The van der Waals surface area contributed by atoms with Crippen molar-refractivity contribution in [2.24, 2.45) is 0 Å². The first-order valence-corrected chi connectivity index (χ1v) is 7.09. The molecule has 3 nitrogen and oxygen atoms in total. The molecule has 1 N–H and O–H groups in total. The zero-order valence-corrected chi connectivity index (χ0v) is 11.2. The van der Waals surface area contributed by atoms with Crippen LogP contribution in [0.15, 0.2) is 0 Å². The Hall–Kier alpha value is 0.0700. The standard InChI is InChI=1S/C11H25NO2S/c1-5-12-10(2)9-11(3)15(13)8-6-7-14-4/h10-12H,5-9H2,1-4H3. The van der Waals surface area contributed by atoms with Gasteiger partial charge in [-0.3, -0.25) is 4.21 Å². The van der Waals surface area contributed by atoms with Gasteiger partial charge in [0, 0.05) is 41.6 Å². The van der Waals surface area contributed by atoms with Gasteiger partial charge in [-0.2, -0.15) is 0 Å². The van der Waals surface area contributed by atoms with E-state index in [9.17, 15) is 4.21 Å². The molecule has 0 fully saturated rings. The van der Waals surface area contributed by atoms with Gasteiger partial charge in [-0.1, -0.05) is 13.8 Å². The third kappa shape index (κ3) is 7.94. The van der Waals surface area contributed by atoms with E-state index in [0.29, 0.717) is 12.6 Å². The van der Waals surface area contributed by atoms with Crippen molar-refractivity contribution in [3.05, 3.63) is 0 Å². The molecule has 0 radical (unpaired) electrons. The van der Waals surface area contributed by atoms with Gasteiger partial charge in [-0.15, -0.1) is 0 Å². The Kier molecular flexibility index (Phi) is 9.35. The van der Waals surface area contributed by atoms with Crippen LogP contribution in [0.4, 0.5) is 0 Å². The molecule has 4 heteroatoms. The predicted octanol–water partition coefficient (Wildman–Crippen LogP) is 1.55. The number of nitrogens with one attached hydrogen (secondary N) is 1. The van der Waals surface area contributed by atoms with Crippen LogP contribution in [0.1, 0.15) is 33.6 Å². The largest absolute Gasteiger partial charge is 0.385 e. The lowest BCUT2D eigenvalue weighted by Gasteiger charge is -2.17. The summed E-state index contributed by atoms with van der Waals surface area (Å²) < 4.78 is 16.7. The maximum absolute atomic E-state index is 11.8. The Balaban J connectivity index is 3.68. The minimum atomic E-state index is -0.710. The van der Waals surface area contributed by atoms with Crippen LogP contribution in [0.5, 0.6) is 0 Å². The van der Waals surface area contributed by atoms with E-state index in [2.05, 4.69) is 26.1 Å². The molecule has 3 unspecified atom stereocenters. The molecule has 92 valence electrons. The number of methoxy groups -OCH3 is 1. The molecule has 0 aliphatic heterocycles. The fraction of sp³-hybridized carbons (Fsp3) is 1.00. The highest BCUT2D eigenvalue weighted by atomic mass is 32.2. The highest BCUT2D eigenvalue weighted by Crippen LogP contribution is 2.06. The highest BCUT2D eigenvalue weighted by Gasteiger charge is 2.13. The molecule has 3 atom stereocenters. The molecule has 0 amide bonds. The van der Waals surface area contributed by atoms with Crippen molar-refractivity contribution in [1.29, 1.82) is 0 Å². The average molecular weight is 235 g/mol. The summed E-state index contributed by atoms with van der Waals surface area (Å²) in [5.41, 5.74) is 0. The lowest BCUT2D eigenvalue weighted by atomic mass is 10.2. The lowest BCUT2D eigenvalue weighted by Crippen LogP contribution is -2.30. The molecular weight excluding hydrogens is 210 g/mol. The van der Waals surface area contributed by atoms with Crippen molar-refractivity contribution in [3.8, 4) is 0 Å². The molecule has 0 aliphatic carbocycles. The predicted molar refractivity (Wildman–Crippen MR) is 66.7 cm³/mol. The van der Waals surface area contributed by atoms with Gasteiger partial charge in [-0.25, -0.2) is 0 Å². The number of rotatable bonds is 9. The Morgan fingerprint density at radius 2 is 2.07 bits per heavy atom. The molecular formula is C11H25NO2S. The molecule has 0 aromatic rings. The van der Waals surface area contributed by atoms with E-state index in [1.54, 1.807) is 7.11 Å². The van der Waals surface area contributed by atoms with Crippen LogP contribution in [0.2, 0.25) is 0 Å². The molecule has 0 heterocycles. The Morgan fingerprint density at radius 3 is 2.60 bits per heavy atom. The van der Waals surface area contributed by atoms with Crippen LogP contribution in [0.25, 0.3) is 0 Å². The van der Waals surface area contributed by atoms with Crippen LogP contribution >= 0.6 is 0 Å². The van der Waals surface area contributed by atoms with Gasteiger partial charge in [-0.05, 0) is 26.3 Å². The summed E-state index contributed by atoms with van der Waals surface area (Å²) in [6.07, 6.45) is 1.87. The molecule has 0 saturated carbocycles. The topological polar surface area (TPSA) is 38.3 Å². The van der Waals surface area contributed by atoms with E-state index >= 15 is 0 Å². The minimum absolute atomic E-state index is 0.274. The smallest absolute Gasteiger partial charge is 0.0471 e. The quantitative estimate of drug-likeness (QED) is 0.616. The fourth-order valence-electron chi connectivity index (χ4n) is 1.58. The van der Waals surface area contributed by atoms with Crippen molar-refractivity contribution in [1.82, 2.24) is 5.32 Å². The first-order valence-electron chi connectivity index (χ1n) is 5.71. The SMILES string of the molecule is CCNC(C)CC(C)S(=O)CCCOC. The third-order valence-electron chi connectivity index (χ3n) is 2.38. The van der Waals surface area contributed by atoms with Gasteiger partial charge in [0.25, 0.3) is 0 Å². The van der Waals surface area contributed by atoms with Gasteiger partial charge in [0.1, 0.15) is 0 Å². The molecule has 0 aromatic heterocycles. The van der Waals surface area contributed by atoms with Crippen LogP contribution in [-0.4, -0.2) is 41.5 Å². The van der Waals surface area contributed by atoms with Crippen LogP contribution in [0.3, 0.4) is 0 Å². The zero-order valence-electron chi connectivity index (χ0n) is 10.4. The van der Waals surface area contributed by atoms with E-state index < -0.39 is 10.8 Å². The van der Waals surface area contributed by atoms with Crippen molar-refractivity contribution in [2.75, 3.05) is 26.0 Å². The van der Waals surface area contributed by atoms with Gasteiger partial charge < -0.3 is 10.1 Å². The molecule has 15 heavy (non-hydrogen) atoms. The van der Waals surface area contributed by atoms with Gasteiger partial charge in [0.05, 0.1) is 0 Å². The van der Waals surface area contributed by atoms with E-state index in [-0.39, 0.29) is 5.25 Å². The summed E-state index contributed by atoms with van der Waals surface area (Å²) in [5.74, 6) is 0.758. The summed E-state index contributed by atoms with van der Waals surface area (Å²) >= 11 is 0. The molecule has 0 spiro atoms. The first-order chi connectivity index (χ1) is 7.11. The van der Waals surface area contributed by atoms with Crippen LogP contribution in [-0.2, 0) is 15.5 Å². The van der Waals surface area contributed by atoms with Crippen molar-refractivity contribution >= 4 is 10.8 Å². The second-order valence-corrected chi connectivity index (χ2v) is 5.91. The fourth-order valence-corrected chi connectivity index (χ4v) is 2.89. The molecule has 0 bridgehead atoms.